The highest BCUT2D eigenvalue weighted by molar-refractivity contribution is 6.04. The zero-order valence-corrected chi connectivity index (χ0v) is 18.9. The van der Waals surface area contributed by atoms with Crippen LogP contribution in [0.1, 0.15) is 21.7 Å². The Hall–Kier alpha value is -4.46. The summed E-state index contributed by atoms with van der Waals surface area (Å²) < 4.78 is 6.72. The number of rotatable bonds is 7. The Morgan fingerprint density at radius 2 is 1.82 bits per heavy atom. The van der Waals surface area contributed by atoms with Crippen molar-refractivity contribution in [2.45, 2.75) is 13.3 Å². The quantitative estimate of drug-likeness (QED) is 0.338. The Bertz CT molecular complexity index is 1410. The molecule has 1 heterocycles. The topological polar surface area (TPSA) is 108 Å². The number of carbonyl (C=O) groups excluding carboxylic acids is 2. The van der Waals surface area contributed by atoms with E-state index in [9.17, 15) is 14.4 Å². The number of imide groups is 1. The lowest BCUT2D eigenvalue weighted by atomic mass is 10.1. The van der Waals surface area contributed by atoms with Crippen LogP contribution >= 0.6 is 0 Å². The van der Waals surface area contributed by atoms with Gasteiger partial charge in [-0.05, 0) is 55.0 Å². The number of ether oxygens (including phenoxy) is 1. The molecule has 0 aliphatic heterocycles. The van der Waals surface area contributed by atoms with Gasteiger partial charge in [-0.3, -0.25) is 23.9 Å². The average molecular weight is 457 g/mol. The highest BCUT2D eigenvalue weighted by atomic mass is 16.5. The van der Waals surface area contributed by atoms with Crippen LogP contribution in [0.15, 0.2) is 71.5 Å². The predicted molar refractivity (Wildman–Crippen MR) is 130 cm³/mol. The second kappa shape index (κ2) is 9.58. The molecule has 2 N–H and O–H groups in total. The SMILES string of the molecule is COc1ccc(-n2c(CCN(C=O)C(=O)c3c(C)cccc3N)nc3ccccc3c2=O)cc1. The van der Waals surface area contributed by atoms with Gasteiger partial charge in [0.1, 0.15) is 11.6 Å². The maximum atomic E-state index is 13.4. The first-order chi connectivity index (χ1) is 16.4. The van der Waals surface area contributed by atoms with E-state index in [2.05, 4.69) is 4.98 Å². The molecule has 34 heavy (non-hydrogen) atoms. The van der Waals surface area contributed by atoms with Crippen molar-refractivity contribution < 1.29 is 14.3 Å². The minimum Gasteiger partial charge on any atom is -0.497 e. The van der Waals surface area contributed by atoms with Crippen molar-refractivity contribution in [3.05, 3.63) is 94.0 Å². The van der Waals surface area contributed by atoms with Crippen LogP contribution < -0.4 is 16.0 Å². The van der Waals surface area contributed by atoms with Gasteiger partial charge in [0.05, 0.1) is 29.3 Å². The number of hydrogen-bond donors (Lipinski definition) is 1. The molecule has 8 heteroatoms. The molecule has 8 nitrogen and oxygen atoms in total. The van der Waals surface area contributed by atoms with Gasteiger partial charge in [-0.1, -0.05) is 24.3 Å². The average Bonchev–Trinajstić information content (AvgIpc) is 2.84. The molecule has 1 aromatic heterocycles. The molecule has 0 bridgehead atoms. The fraction of sp³-hybridized carbons (Fsp3) is 0.154. The number of benzene rings is 3. The van der Waals surface area contributed by atoms with Crippen molar-refractivity contribution >= 4 is 28.9 Å². The van der Waals surface area contributed by atoms with Crippen LogP contribution in [0.3, 0.4) is 0 Å². The van der Waals surface area contributed by atoms with Crippen molar-refractivity contribution in [2.24, 2.45) is 0 Å². The number of carbonyl (C=O) groups is 2. The second-order valence-corrected chi connectivity index (χ2v) is 7.78. The molecule has 4 aromatic rings. The lowest BCUT2D eigenvalue weighted by Crippen LogP contribution is -2.34. The van der Waals surface area contributed by atoms with Crippen molar-refractivity contribution in [2.75, 3.05) is 19.4 Å². The lowest BCUT2D eigenvalue weighted by Gasteiger charge is -2.19. The highest BCUT2D eigenvalue weighted by Gasteiger charge is 2.21. The molecule has 3 aromatic carbocycles. The number of aromatic nitrogens is 2. The van der Waals surface area contributed by atoms with Crippen LogP contribution in [-0.4, -0.2) is 40.4 Å². The van der Waals surface area contributed by atoms with E-state index in [0.717, 1.165) is 4.90 Å². The molecule has 0 aliphatic carbocycles. The van der Waals surface area contributed by atoms with Crippen LogP contribution in [0.25, 0.3) is 16.6 Å². The molecular weight excluding hydrogens is 432 g/mol. The summed E-state index contributed by atoms with van der Waals surface area (Å²) in [5.74, 6) is 0.580. The summed E-state index contributed by atoms with van der Waals surface area (Å²) in [7, 11) is 1.57. The van der Waals surface area contributed by atoms with Gasteiger partial charge in [0.15, 0.2) is 0 Å². The number of nitrogen functional groups attached to an aromatic ring is 1. The zero-order valence-electron chi connectivity index (χ0n) is 18.9. The van der Waals surface area contributed by atoms with Gasteiger partial charge in [0.2, 0.25) is 6.41 Å². The van der Waals surface area contributed by atoms with Gasteiger partial charge in [-0.25, -0.2) is 4.98 Å². The molecular formula is C26H24N4O4. The summed E-state index contributed by atoms with van der Waals surface area (Å²) in [5, 5.41) is 0.470. The highest BCUT2D eigenvalue weighted by Crippen LogP contribution is 2.20. The van der Waals surface area contributed by atoms with Crippen LogP contribution in [-0.2, 0) is 11.2 Å². The van der Waals surface area contributed by atoms with Gasteiger partial charge < -0.3 is 10.5 Å². The van der Waals surface area contributed by atoms with Crippen molar-refractivity contribution in [1.29, 1.82) is 0 Å². The van der Waals surface area contributed by atoms with E-state index in [1.807, 2.05) is 0 Å². The fourth-order valence-corrected chi connectivity index (χ4v) is 3.89. The first-order valence-corrected chi connectivity index (χ1v) is 10.7. The van der Waals surface area contributed by atoms with E-state index in [0.29, 0.717) is 45.8 Å². The van der Waals surface area contributed by atoms with Crippen LogP contribution in [0.4, 0.5) is 5.69 Å². The molecule has 0 aliphatic rings. The van der Waals surface area contributed by atoms with E-state index < -0.39 is 5.91 Å². The molecule has 0 radical (unpaired) electrons. The number of fused-ring (bicyclic) bond motifs is 1. The molecule has 0 fully saturated rings. The number of aryl methyl sites for hydroxylation is 1. The van der Waals surface area contributed by atoms with Crippen molar-refractivity contribution in [3.63, 3.8) is 0 Å². The van der Waals surface area contributed by atoms with Gasteiger partial charge in [0, 0.05) is 18.7 Å². The minimum atomic E-state index is -0.496. The number of methoxy groups -OCH3 is 1. The second-order valence-electron chi connectivity index (χ2n) is 7.78. The smallest absolute Gasteiger partial charge is 0.265 e. The maximum Gasteiger partial charge on any atom is 0.265 e. The molecule has 0 unspecified atom stereocenters. The number of anilines is 1. The summed E-state index contributed by atoms with van der Waals surface area (Å²) in [6, 6.07) is 19.2. The summed E-state index contributed by atoms with van der Waals surface area (Å²) in [6.07, 6.45) is 0.646. The normalized spacial score (nSPS) is 10.8. The zero-order chi connectivity index (χ0) is 24.2. The van der Waals surface area contributed by atoms with E-state index >= 15 is 0 Å². The van der Waals surface area contributed by atoms with Gasteiger partial charge in [-0.15, -0.1) is 0 Å². The number of nitrogens with two attached hydrogens (primary N) is 1. The van der Waals surface area contributed by atoms with Crippen molar-refractivity contribution in [1.82, 2.24) is 14.5 Å². The number of amides is 2. The Kier molecular flexibility index (Phi) is 6.40. The third kappa shape index (κ3) is 4.25. The largest absolute Gasteiger partial charge is 0.497 e. The van der Waals surface area contributed by atoms with E-state index in [1.54, 1.807) is 80.8 Å². The standard InChI is InChI=1S/C26H24N4O4/c1-17-6-5-8-21(27)24(17)26(33)29(16-31)15-14-23-28-22-9-4-3-7-20(22)25(32)30(23)18-10-12-19(34-2)13-11-18/h3-13,16H,14-15,27H2,1-2H3. The monoisotopic (exact) mass is 456 g/mol. The first-order valence-electron chi connectivity index (χ1n) is 10.7. The number of hydrogen-bond acceptors (Lipinski definition) is 6. The molecule has 0 saturated heterocycles. The summed E-state index contributed by atoms with van der Waals surface area (Å²) in [4.78, 5) is 44.0. The lowest BCUT2D eigenvalue weighted by molar-refractivity contribution is -0.115. The Morgan fingerprint density at radius 3 is 2.50 bits per heavy atom. The minimum absolute atomic E-state index is 0.0248. The summed E-state index contributed by atoms with van der Waals surface area (Å²) in [6.45, 7) is 1.79. The molecule has 172 valence electrons. The predicted octanol–water partition coefficient (Wildman–Crippen LogP) is 3.13. The maximum absolute atomic E-state index is 13.4. The fourth-order valence-electron chi connectivity index (χ4n) is 3.89. The third-order valence-electron chi connectivity index (χ3n) is 5.66. The van der Waals surface area contributed by atoms with Crippen LogP contribution in [0, 0.1) is 6.92 Å². The van der Waals surface area contributed by atoms with E-state index in [4.69, 9.17) is 10.5 Å². The summed E-state index contributed by atoms with van der Waals surface area (Å²) in [5.41, 5.74) is 8.17. The molecule has 0 saturated carbocycles. The van der Waals surface area contributed by atoms with Gasteiger partial charge in [0.25, 0.3) is 11.5 Å². The van der Waals surface area contributed by atoms with E-state index in [1.165, 1.54) is 4.57 Å². The first kappa shape index (κ1) is 22.7. The van der Waals surface area contributed by atoms with E-state index in [-0.39, 0.29) is 24.1 Å². The third-order valence-corrected chi connectivity index (χ3v) is 5.66. The molecule has 4 rings (SSSR count). The van der Waals surface area contributed by atoms with Gasteiger partial charge in [-0.2, -0.15) is 0 Å². The van der Waals surface area contributed by atoms with Crippen LogP contribution in [0.2, 0.25) is 0 Å². The number of para-hydroxylation sites is 1. The molecule has 0 spiro atoms. The number of nitrogens with zero attached hydrogens (tertiary/aromatic N) is 3. The van der Waals surface area contributed by atoms with Crippen molar-refractivity contribution in [3.8, 4) is 11.4 Å². The Morgan fingerprint density at radius 1 is 1.09 bits per heavy atom. The van der Waals surface area contributed by atoms with Gasteiger partial charge >= 0.3 is 0 Å². The Balaban J connectivity index is 1.74. The molecule has 2 amide bonds. The Labute approximate surface area is 196 Å². The molecule has 0 atom stereocenters. The summed E-state index contributed by atoms with van der Waals surface area (Å²) >= 11 is 0. The van der Waals surface area contributed by atoms with Crippen LogP contribution in [0.5, 0.6) is 5.75 Å².